The van der Waals surface area contributed by atoms with E-state index in [1.165, 1.54) is 24.4 Å². The summed E-state index contributed by atoms with van der Waals surface area (Å²) >= 11 is 0. The van der Waals surface area contributed by atoms with Crippen molar-refractivity contribution in [3.05, 3.63) is 52.0 Å². The lowest BCUT2D eigenvalue weighted by molar-refractivity contribution is -0.384. The van der Waals surface area contributed by atoms with Gasteiger partial charge in [-0.3, -0.25) is 15.1 Å². The Labute approximate surface area is 128 Å². The molecule has 2 aromatic heterocycles. The molecule has 23 heavy (non-hydrogen) atoms. The molecule has 1 N–H and O–H groups in total. The zero-order valence-electron chi connectivity index (χ0n) is 11.4. The van der Waals surface area contributed by atoms with Crippen molar-refractivity contribution in [1.29, 1.82) is 5.26 Å². The molecule has 10 heteroatoms. The Balaban J connectivity index is 2.12. The fourth-order valence-electron chi connectivity index (χ4n) is 1.72. The lowest BCUT2D eigenvalue weighted by atomic mass is 10.2. The molecule has 0 unspecified atom stereocenters. The summed E-state index contributed by atoms with van der Waals surface area (Å²) in [6.07, 6.45) is 2.37. The van der Waals surface area contributed by atoms with Gasteiger partial charge in [-0.05, 0) is 18.2 Å². The predicted octanol–water partition coefficient (Wildman–Crippen LogP) is 2.47. The Morgan fingerprint density at radius 1 is 1.39 bits per heavy atom. The number of rotatable bonds is 6. The third-order valence-corrected chi connectivity index (χ3v) is 2.69. The molecule has 0 spiro atoms. The molecule has 0 fully saturated rings. The van der Waals surface area contributed by atoms with Gasteiger partial charge in [0.15, 0.2) is 0 Å². The standard InChI is InChI=1S/C13H9F2N5O3/c14-13(15)23-10-2-1-9(18-7-10)6-19-12-11(20(21)22)8(5-16)3-4-17-12/h1-4,7,13H,6H2,(H,17,19). The van der Waals surface area contributed by atoms with Crippen molar-refractivity contribution in [3.63, 3.8) is 0 Å². The average molecular weight is 321 g/mol. The highest BCUT2D eigenvalue weighted by atomic mass is 19.3. The Hall–Kier alpha value is -3.35. The average Bonchev–Trinajstić information content (AvgIpc) is 2.53. The molecule has 2 heterocycles. The number of nitriles is 1. The van der Waals surface area contributed by atoms with Crippen molar-refractivity contribution in [2.24, 2.45) is 0 Å². The number of hydrogen-bond donors (Lipinski definition) is 1. The predicted molar refractivity (Wildman–Crippen MR) is 73.8 cm³/mol. The highest BCUT2D eigenvalue weighted by molar-refractivity contribution is 5.64. The van der Waals surface area contributed by atoms with Crippen LogP contribution in [0, 0.1) is 21.4 Å². The van der Waals surface area contributed by atoms with Gasteiger partial charge >= 0.3 is 12.3 Å². The lowest BCUT2D eigenvalue weighted by Gasteiger charge is -2.07. The minimum Gasteiger partial charge on any atom is -0.433 e. The van der Waals surface area contributed by atoms with Gasteiger partial charge in [0, 0.05) is 6.20 Å². The Kier molecular flexibility index (Phi) is 4.93. The number of alkyl halides is 2. The topological polar surface area (TPSA) is 114 Å². The maximum Gasteiger partial charge on any atom is 0.387 e. The molecule has 2 rings (SSSR count). The van der Waals surface area contributed by atoms with E-state index >= 15 is 0 Å². The molecule has 0 aliphatic carbocycles. The summed E-state index contributed by atoms with van der Waals surface area (Å²) in [4.78, 5) is 18.0. The third-order valence-electron chi connectivity index (χ3n) is 2.69. The molecule has 2 aromatic rings. The zero-order chi connectivity index (χ0) is 16.8. The van der Waals surface area contributed by atoms with Crippen molar-refractivity contribution in [1.82, 2.24) is 9.97 Å². The van der Waals surface area contributed by atoms with Crippen LogP contribution in [0.5, 0.6) is 5.75 Å². The number of halogens is 2. The molecule has 0 aliphatic rings. The molecule has 118 valence electrons. The van der Waals surface area contributed by atoms with Crippen molar-refractivity contribution < 1.29 is 18.4 Å². The van der Waals surface area contributed by atoms with E-state index in [1.807, 2.05) is 0 Å². The highest BCUT2D eigenvalue weighted by Gasteiger charge is 2.20. The minimum absolute atomic E-state index is 0.0533. The fourth-order valence-corrected chi connectivity index (χ4v) is 1.72. The second-order valence-electron chi connectivity index (χ2n) is 4.14. The van der Waals surface area contributed by atoms with Crippen LogP contribution >= 0.6 is 0 Å². The normalized spacial score (nSPS) is 10.2. The van der Waals surface area contributed by atoms with Crippen LogP contribution in [-0.2, 0) is 6.54 Å². The first-order valence-corrected chi connectivity index (χ1v) is 6.18. The first-order valence-electron chi connectivity index (χ1n) is 6.18. The quantitative estimate of drug-likeness (QED) is 0.642. The van der Waals surface area contributed by atoms with Crippen LogP contribution in [0.1, 0.15) is 11.3 Å². The summed E-state index contributed by atoms with van der Waals surface area (Å²) in [5.74, 6) is -0.178. The minimum atomic E-state index is -2.94. The molecule has 0 aliphatic heterocycles. The molecule has 0 aromatic carbocycles. The maximum atomic E-state index is 12.0. The van der Waals surface area contributed by atoms with E-state index in [0.29, 0.717) is 5.69 Å². The van der Waals surface area contributed by atoms with E-state index in [0.717, 1.165) is 6.20 Å². The van der Waals surface area contributed by atoms with Crippen LogP contribution in [0.2, 0.25) is 0 Å². The number of hydrogen-bond acceptors (Lipinski definition) is 7. The molecule has 0 atom stereocenters. The van der Waals surface area contributed by atoms with E-state index in [-0.39, 0.29) is 23.7 Å². The molecular weight excluding hydrogens is 312 g/mol. The molecular formula is C13H9F2N5O3. The first-order chi connectivity index (χ1) is 11.0. The number of nitrogens with zero attached hydrogens (tertiary/aromatic N) is 4. The van der Waals surface area contributed by atoms with Crippen LogP contribution in [-0.4, -0.2) is 21.5 Å². The van der Waals surface area contributed by atoms with Gasteiger partial charge in [0.1, 0.15) is 17.4 Å². The van der Waals surface area contributed by atoms with Crippen LogP contribution in [0.4, 0.5) is 20.3 Å². The van der Waals surface area contributed by atoms with Gasteiger partial charge in [-0.1, -0.05) is 0 Å². The molecule has 0 saturated heterocycles. The number of pyridine rings is 2. The Morgan fingerprint density at radius 3 is 2.74 bits per heavy atom. The van der Waals surface area contributed by atoms with Gasteiger partial charge < -0.3 is 10.1 Å². The van der Waals surface area contributed by atoms with E-state index in [9.17, 15) is 18.9 Å². The van der Waals surface area contributed by atoms with Crippen LogP contribution in [0.25, 0.3) is 0 Å². The maximum absolute atomic E-state index is 12.0. The van der Waals surface area contributed by atoms with Crippen molar-refractivity contribution in [3.8, 4) is 11.8 Å². The van der Waals surface area contributed by atoms with Gasteiger partial charge in [0.25, 0.3) is 0 Å². The van der Waals surface area contributed by atoms with Gasteiger partial charge in [-0.25, -0.2) is 4.98 Å². The first kappa shape index (κ1) is 16.0. The number of aromatic nitrogens is 2. The van der Waals surface area contributed by atoms with Crippen LogP contribution in [0.15, 0.2) is 30.6 Å². The van der Waals surface area contributed by atoms with Gasteiger partial charge in [0.2, 0.25) is 5.82 Å². The van der Waals surface area contributed by atoms with E-state index in [2.05, 4.69) is 20.0 Å². The molecule has 0 bridgehead atoms. The van der Waals surface area contributed by atoms with E-state index < -0.39 is 17.2 Å². The summed E-state index contributed by atoms with van der Waals surface area (Å²) < 4.78 is 28.2. The number of nitro groups is 1. The van der Waals surface area contributed by atoms with Crippen LogP contribution < -0.4 is 10.1 Å². The summed E-state index contributed by atoms with van der Waals surface area (Å²) in [7, 11) is 0. The summed E-state index contributed by atoms with van der Waals surface area (Å²) in [5.41, 5.74) is -0.140. The summed E-state index contributed by atoms with van der Waals surface area (Å²) in [5, 5.41) is 22.6. The monoisotopic (exact) mass is 321 g/mol. The van der Waals surface area contributed by atoms with Gasteiger partial charge in [-0.15, -0.1) is 0 Å². The molecule has 0 amide bonds. The van der Waals surface area contributed by atoms with Gasteiger partial charge in [-0.2, -0.15) is 14.0 Å². The number of nitrogens with one attached hydrogen (secondary N) is 1. The zero-order valence-corrected chi connectivity index (χ0v) is 11.4. The fraction of sp³-hybridized carbons (Fsp3) is 0.154. The Bertz CT molecular complexity index is 746. The summed E-state index contributed by atoms with van der Waals surface area (Å²) in [6.45, 7) is -2.89. The lowest BCUT2D eigenvalue weighted by Crippen LogP contribution is -2.07. The smallest absolute Gasteiger partial charge is 0.387 e. The number of ether oxygens (including phenoxy) is 1. The van der Waals surface area contributed by atoms with E-state index in [4.69, 9.17) is 5.26 Å². The van der Waals surface area contributed by atoms with Crippen molar-refractivity contribution >= 4 is 11.5 Å². The molecule has 8 nitrogen and oxygen atoms in total. The SMILES string of the molecule is N#Cc1ccnc(NCc2ccc(OC(F)F)cn2)c1[N+](=O)[O-]. The van der Waals surface area contributed by atoms with Crippen molar-refractivity contribution in [2.45, 2.75) is 13.2 Å². The second kappa shape index (κ2) is 7.08. The summed E-state index contributed by atoms with van der Waals surface area (Å²) in [6, 6.07) is 5.67. The second-order valence-corrected chi connectivity index (χ2v) is 4.14. The van der Waals surface area contributed by atoms with Crippen LogP contribution in [0.3, 0.4) is 0 Å². The van der Waals surface area contributed by atoms with Crippen molar-refractivity contribution in [2.75, 3.05) is 5.32 Å². The molecule has 0 saturated carbocycles. The third kappa shape index (κ3) is 4.07. The van der Waals surface area contributed by atoms with E-state index in [1.54, 1.807) is 6.07 Å². The number of anilines is 1. The largest absolute Gasteiger partial charge is 0.433 e. The molecule has 0 radical (unpaired) electrons. The van der Waals surface area contributed by atoms with Gasteiger partial charge in [0.05, 0.1) is 23.4 Å². The highest BCUT2D eigenvalue weighted by Crippen LogP contribution is 2.26. The Morgan fingerprint density at radius 2 is 2.17 bits per heavy atom.